The average Bonchev–Trinajstić information content (AvgIpc) is 2.49. The van der Waals surface area contributed by atoms with Crippen LogP contribution in [0.2, 0.25) is 0 Å². The first-order valence-corrected chi connectivity index (χ1v) is 7.09. The summed E-state index contributed by atoms with van der Waals surface area (Å²) in [7, 11) is 1.64. The lowest BCUT2D eigenvalue weighted by Gasteiger charge is -2.20. The highest BCUT2D eigenvalue weighted by atomic mass is 16.5. The maximum Gasteiger partial charge on any atom is 0.143 e. The first-order chi connectivity index (χ1) is 9.78. The molecule has 0 unspecified atom stereocenters. The van der Waals surface area contributed by atoms with E-state index in [0.717, 1.165) is 12.1 Å². The minimum Gasteiger partial charge on any atom is -0.495 e. The van der Waals surface area contributed by atoms with Gasteiger partial charge in [-0.1, -0.05) is 12.1 Å². The molecule has 0 saturated heterocycles. The number of methoxy groups -OCH3 is 1. The standard InChI is InChI=1S/C17H20N2O/c1-20-17-11-13(9-10-15(17)18)19-16-8-4-6-12-5-2-3-7-14(12)16/h4,6,8-11,19H,2-3,5,7,18H2,1H3. The normalized spacial score (nSPS) is 13.7. The van der Waals surface area contributed by atoms with Crippen molar-refractivity contribution < 1.29 is 4.74 Å². The predicted molar refractivity (Wildman–Crippen MR) is 83.8 cm³/mol. The van der Waals surface area contributed by atoms with Crippen molar-refractivity contribution >= 4 is 17.1 Å². The number of nitrogens with two attached hydrogens (primary N) is 1. The molecule has 0 amide bonds. The number of fused-ring (bicyclic) bond motifs is 1. The van der Waals surface area contributed by atoms with Gasteiger partial charge in [0.25, 0.3) is 0 Å². The van der Waals surface area contributed by atoms with Crippen LogP contribution < -0.4 is 15.8 Å². The molecule has 3 heteroatoms. The minimum absolute atomic E-state index is 0.660. The van der Waals surface area contributed by atoms with Gasteiger partial charge in [0.2, 0.25) is 0 Å². The van der Waals surface area contributed by atoms with Crippen molar-refractivity contribution in [1.29, 1.82) is 0 Å². The number of hydrogen-bond acceptors (Lipinski definition) is 3. The van der Waals surface area contributed by atoms with Gasteiger partial charge in [0.1, 0.15) is 5.75 Å². The average molecular weight is 268 g/mol. The van der Waals surface area contributed by atoms with E-state index in [1.165, 1.54) is 36.1 Å². The second-order valence-electron chi connectivity index (χ2n) is 5.23. The molecule has 0 fully saturated rings. The molecule has 0 saturated carbocycles. The van der Waals surface area contributed by atoms with Gasteiger partial charge in [0.15, 0.2) is 0 Å². The summed E-state index contributed by atoms with van der Waals surface area (Å²) in [5.41, 5.74) is 11.7. The Hall–Kier alpha value is -2.16. The molecule has 20 heavy (non-hydrogen) atoms. The van der Waals surface area contributed by atoms with Crippen molar-refractivity contribution in [2.24, 2.45) is 0 Å². The number of benzene rings is 2. The van der Waals surface area contributed by atoms with Gasteiger partial charge < -0.3 is 15.8 Å². The van der Waals surface area contributed by atoms with Crippen LogP contribution >= 0.6 is 0 Å². The van der Waals surface area contributed by atoms with Crippen LogP contribution in [0.1, 0.15) is 24.0 Å². The number of nitrogen functional groups attached to an aromatic ring is 1. The number of rotatable bonds is 3. The van der Waals surface area contributed by atoms with Gasteiger partial charge in [0, 0.05) is 17.4 Å². The Kier molecular flexibility index (Phi) is 3.50. The predicted octanol–water partition coefficient (Wildman–Crippen LogP) is 3.90. The largest absolute Gasteiger partial charge is 0.495 e. The summed E-state index contributed by atoms with van der Waals surface area (Å²) in [5, 5.41) is 3.50. The molecule has 104 valence electrons. The molecule has 0 spiro atoms. The van der Waals surface area contributed by atoms with Crippen molar-refractivity contribution in [1.82, 2.24) is 0 Å². The van der Waals surface area contributed by atoms with Crippen LogP contribution in [-0.2, 0) is 12.8 Å². The van der Waals surface area contributed by atoms with E-state index in [1.54, 1.807) is 7.11 Å². The minimum atomic E-state index is 0.660. The van der Waals surface area contributed by atoms with Crippen LogP contribution in [0.25, 0.3) is 0 Å². The van der Waals surface area contributed by atoms with E-state index in [4.69, 9.17) is 10.5 Å². The van der Waals surface area contributed by atoms with Crippen LogP contribution in [0.5, 0.6) is 5.75 Å². The summed E-state index contributed by atoms with van der Waals surface area (Å²) in [5.74, 6) is 0.708. The lowest BCUT2D eigenvalue weighted by atomic mass is 9.90. The fraction of sp³-hybridized carbons (Fsp3) is 0.294. The number of nitrogens with one attached hydrogen (secondary N) is 1. The van der Waals surface area contributed by atoms with Crippen molar-refractivity contribution in [3.05, 3.63) is 47.5 Å². The zero-order chi connectivity index (χ0) is 13.9. The first-order valence-electron chi connectivity index (χ1n) is 7.09. The van der Waals surface area contributed by atoms with Gasteiger partial charge in [-0.2, -0.15) is 0 Å². The molecule has 0 aromatic heterocycles. The molecule has 3 N–H and O–H groups in total. The Morgan fingerprint density at radius 2 is 1.95 bits per heavy atom. The molecule has 0 atom stereocenters. The summed E-state index contributed by atoms with van der Waals surface area (Å²) in [6, 6.07) is 12.3. The van der Waals surface area contributed by atoms with Gasteiger partial charge in [0.05, 0.1) is 12.8 Å². The van der Waals surface area contributed by atoms with E-state index >= 15 is 0 Å². The molecular weight excluding hydrogens is 248 g/mol. The summed E-state index contributed by atoms with van der Waals surface area (Å²) in [4.78, 5) is 0. The zero-order valence-electron chi connectivity index (χ0n) is 11.8. The van der Waals surface area contributed by atoms with Crippen molar-refractivity contribution in [2.75, 3.05) is 18.2 Å². The van der Waals surface area contributed by atoms with Crippen LogP contribution in [0.3, 0.4) is 0 Å². The lowest BCUT2D eigenvalue weighted by Crippen LogP contribution is -2.06. The molecule has 1 aliphatic rings. The topological polar surface area (TPSA) is 47.3 Å². The lowest BCUT2D eigenvalue weighted by molar-refractivity contribution is 0.417. The number of anilines is 3. The summed E-state index contributed by atoms with van der Waals surface area (Å²) < 4.78 is 5.27. The summed E-state index contributed by atoms with van der Waals surface area (Å²) in [6.45, 7) is 0. The van der Waals surface area contributed by atoms with E-state index in [9.17, 15) is 0 Å². The Morgan fingerprint density at radius 3 is 2.80 bits per heavy atom. The molecule has 2 aromatic rings. The van der Waals surface area contributed by atoms with Gasteiger partial charge >= 0.3 is 0 Å². The third-order valence-electron chi connectivity index (χ3n) is 3.91. The first kappa shape index (κ1) is 12.9. The molecule has 0 bridgehead atoms. The van der Waals surface area contributed by atoms with Crippen molar-refractivity contribution in [3.63, 3.8) is 0 Å². The molecule has 0 aliphatic heterocycles. The molecule has 3 rings (SSSR count). The Labute approximate surface area is 119 Å². The third-order valence-corrected chi connectivity index (χ3v) is 3.91. The van der Waals surface area contributed by atoms with Gasteiger partial charge in [-0.05, 0) is 55.0 Å². The Morgan fingerprint density at radius 1 is 1.10 bits per heavy atom. The quantitative estimate of drug-likeness (QED) is 0.830. The Bertz CT molecular complexity index is 622. The fourth-order valence-corrected chi connectivity index (χ4v) is 2.84. The van der Waals surface area contributed by atoms with Gasteiger partial charge in [-0.25, -0.2) is 0 Å². The van der Waals surface area contributed by atoms with Crippen LogP contribution in [0, 0.1) is 0 Å². The molecule has 0 heterocycles. The zero-order valence-corrected chi connectivity index (χ0v) is 11.8. The van der Waals surface area contributed by atoms with Crippen LogP contribution in [0.15, 0.2) is 36.4 Å². The molecule has 3 nitrogen and oxygen atoms in total. The van der Waals surface area contributed by atoms with Crippen LogP contribution in [-0.4, -0.2) is 7.11 Å². The second kappa shape index (κ2) is 5.45. The maximum absolute atomic E-state index is 5.85. The number of aryl methyl sites for hydroxylation is 1. The Balaban J connectivity index is 1.91. The fourth-order valence-electron chi connectivity index (χ4n) is 2.84. The molecule has 1 aliphatic carbocycles. The van der Waals surface area contributed by atoms with Crippen molar-refractivity contribution in [3.8, 4) is 5.75 Å². The van der Waals surface area contributed by atoms with Gasteiger partial charge in [-0.3, -0.25) is 0 Å². The maximum atomic E-state index is 5.85. The SMILES string of the molecule is COc1cc(Nc2cccc3c2CCCC3)ccc1N. The molecule has 2 aromatic carbocycles. The number of ether oxygens (including phenoxy) is 1. The number of hydrogen-bond donors (Lipinski definition) is 2. The van der Waals surface area contributed by atoms with E-state index in [-0.39, 0.29) is 0 Å². The van der Waals surface area contributed by atoms with Crippen molar-refractivity contribution in [2.45, 2.75) is 25.7 Å². The van der Waals surface area contributed by atoms with E-state index in [0.29, 0.717) is 11.4 Å². The third kappa shape index (κ3) is 2.44. The molecule has 0 radical (unpaired) electrons. The van der Waals surface area contributed by atoms with E-state index in [1.807, 2.05) is 18.2 Å². The summed E-state index contributed by atoms with van der Waals surface area (Å²) in [6.07, 6.45) is 4.92. The highest BCUT2D eigenvalue weighted by Crippen LogP contribution is 2.32. The van der Waals surface area contributed by atoms with Crippen LogP contribution in [0.4, 0.5) is 17.1 Å². The monoisotopic (exact) mass is 268 g/mol. The summed E-state index contributed by atoms with van der Waals surface area (Å²) >= 11 is 0. The van der Waals surface area contributed by atoms with Gasteiger partial charge in [-0.15, -0.1) is 0 Å². The highest BCUT2D eigenvalue weighted by Gasteiger charge is 2.13. The second-order valence-corrected chi connectivity index (χ2v) is 5.23. The highest BCUT2D eigenvalue weighted by molar-refractivity contribution is 5.69. The smallest absolute Gasteiger partial charge is 0.143 e. The molecular formula is C17H20N2O. The van der Waals surface area contributed by atoms with E-state index in [2.05, 4.69) is 23.5 Å². The van der Waals surface area contributed by atoms with E-state index < -0.39 is 0 Å².